The Morgan fingerprint density at radius 1 is 0.818 bits per heavy atom. The van der Waals surface area contributed by atoms with Crippen LogP contribution in [-0.2, 0) is 11.3 Å². The second-order valence-corrected chi connectivity index (χ2v) is 7.21. The first-order valence-electron chi connectivity index (χ1n) is 8.96. The van der Waals surface area contributed by atoms with E-state index in [9.17, 15) is 35.1 Å². The van der Waals surface area contributed by atoms with Crippen molar-refractivity contribution in [3.8, 4) is 11.5 Å². The summed E-state index contributed by atoms with van der Waals surface area (Å²) in [6.07, 6.45) is 0. The van der Waals surface area contributed by atoms with Crippen molar-refractivity contribution in [3.05, 3.63) is 107 Å². The molecule has 0 N–H and O–H groups in total. The fourth-order valence-electron chi connectivity index (χ4n) is 2.68. The van der Waals surface area contributed by atoms with Crippen LogP contribution in [0.1, 0.15) is 15.9 Å². The Morgan fingerprint density at radius 3 is 1.97 bits per heavy atom. The van der Waals surface area contributed by atoms with Gasteiger partial charge in [0.2, 0.25) is 0 Å². The molecule has 0 spiro atoms. The second-order valence-electron chi connectivity index (χ2n) is 6.42. The van der Waals surface area contributed by atoms with Gasteiger partial charge in [0.1, 0.15) is 18.1 Å². The number of rotatable bonds is 8. The van der Waals surface area contributed by atoms with Crippen molar-refractivity contribution in [1.29, 1.82) is 0 Å². The van der Waals surface area contributed by atoms with Crippen LogP contribution in [0, 0.1) is 30.3 Å². The van der Waals surface area contributed by atoms with Crippen molar-refractivity contribution in [3.63, 3.8) is 0 Å². The Kier molecular flexibility index (Phi) is 6.93. The highest BCUT2D eigenvalue weighted by Gasteiger charge is 2.27. The van der Waals surface area contributed by atoms with Gasteiger partial charge in [0.05, 0.1) is 20.3 Å². The molecule has 0 bridgehead atoms. The van der Waals surface area contributed by atoms with E-state index in [0.717, 1.165) is 12.1 Å². The molecule has 0 unspecified atom stereocenters. The van der Waals surface area contributed by atoms with Crippen LogP contribution in [0.5, 0.6) is 11.5 Å². The molecule has 3 aromatic carbocycles. The standard InChI is InChI=1S/C20H12BrN3O9/c21-19-17(23(28)29)9-13(10-18(19)24(30)31)20(25)32-11-12-2-1-3-16(8-12)33-15-6-4-14(5-7-15)22(26)27/h1-10H,11H2. The average Bonchev–Trinajstić information content (AvgIpc) is 2.77. The van der Waals surface area contributed by atoms with E-state index in [1.54, 1.807) is 24.3 Å². The lowest BCUT2D eigenvalue weighted by atomic mass is 10.1. The number of benzene rings is 3. The molecule has 0 radical (unpaired) electrons. The van der Waals surface area contributed by atoms with Gasteiger partial charge in [-0.15, -0.1) is 0 Å². The summed E-state index contributed by atoms with van der Waals surface area (Å²) >= 11 is 2.80. The minimum Gasteiger partial charge on any atom is -0.457 e. The highest BCUT2D eigenvalue weighted by atomic mass is 79.9. The minimum atomic E-state index is -0.990. The van der Waals surface area contributed by atoms with E-state index in [-0.39, 0.29) is 22.3 Å². The van der Waals surface area contributed by atoms with E-state index in [2.05, 4.69) is 15.9 Å². The summed E-state index contributed by atoms with van der Waals surface area (Å²) in [6.45, 7) is -0.242. The summed E-state index contributed by atoms with van der Waals surface area (Å²) in [5.41, 5.74) is -1.22. The Bertz CT molecular complexity index is 1230. The van der Waals surface area contributed by atoms with Gasteiger partial charge in [-0.2, -0.15) is 0 Å². The summed E-state index contributed by atoms with van der Waals surface area (Å²) in [7, 11) is 0. The highest BCUT2D eigenvalue weighted by molar-refractivity contribution is 9.10. The van der Waals surface area contributed by atoms with Crippen molar-refractivity contribution >= 4 is 39.0 Å². The number of nitrogens with zero attached hydrogens (tertiary/aromatic N) is 3. The molecule has 0 aliphatic rings. The molecule has 0 saturated carbocycles. The lowest BCUT2D eigenvalue weighted by Gasteiger charge is -2.09. The van der Waals surface area contributed by atoms with Crippen molar-refractivity contribution in [2.45, 2.75) is 6.61 Å². The quantitative estimate of drug-likeness (QED) is 0.218. The first-order chi connectivity index (χ1) is 15.7. The third-order valence-electron chi connectivity index (χ3n) is 4.21. The Morgan fingerprint density at radius 2 is 1.42 bits per heavy atom. The molecule has 0 aromatic heterocycles. The molecular weight excluding hydrogens is 506 g/mol. The largest absolute Gasteiger partial charge is 0.457 e. The fraction of sp³-hybridized carbons (Fsp3) is 0.0500. The average molecular weight is 518 g/mol. The van der Waals surface area contributed by atoms with Crippen LogP contribution >= 0.6 is 15.9 Å². The predicted octanol–water partition coefficient (Wildman–Crippen LogP) is 5.32. The van der Waals surface area contributed by atoms with Gasteiger partial charge in [-0.3, -0.25) is 30.3 Å². The van der Waals surface area contributed by atoms with Gasteiger partial charge in [0.25, 0.3) is 17.1 Å². The van der Waals surface area contributed by atoms with E-state index in [4.69, 9.17) is 9.47 Å². The zero-order valence-corrected chi connectivity index (χ0v) is 18.0. The number of nitro groups is 3. The smallest absolute Gasteiger partial charge is 0.338 e. The highest BCUT2D eigenvalue weighted by Crippen LogP contribution is 2.35. The van der Waals surface area contributed by atoms with Crippen LogP contribution in [0.4, 0.5) is 17.1 Å². The molecule has 0 aliphatic heterocycles. The van der Waals surface area contributed by atoms with Crippen LogP contribution in [0.2, 0.25) is 0 Å². The number of carbonyl (C=O) groups excluding carboxylic acids is 1. The van der Waals surface area contributed by atoms with Crippen LogP contribution in [0.15, 0.2) is 65.1 Å². The molecule has 13 heteroatoms. The molecule has 0 fully saturated rings. The van der Waals surface area contributed by atoms with E-state index < -0.39 is 32.1 Å². The third-order valence-corrected chi connectivity index (χ3v) is 5.03. The molecule has 3 aromatic rings. The second kappa shape index (κ2) is 9.82. The number of hydrogen-bond donors (Lipinski definition) is 0. The summed E-state index contributed by atoms with van der Waals surface area (Å²) < 4.78 is 10.4. The lowest BCUT2D eigenvalue weighted by molar-refractivity contribution is -0.395. The van der Waals surface area contributed by atoms with Gasteiger partial charge >= 0.3 is 5.97 Å². The minimum absolute atomic E-state index is 0.0866. The lowest BCUT2D eigenvalue weighted by Crippen LogP contribution is -2.07. The molecule has 3 rings (SSSR count). The maximum Gasteiger partial charge on any atom is 0.338 e. The zero-order chi connectivity index (χ0) is 24.1. The van der Waals surface area contributed by atoms with Crippen molar-refractivity contribution in [2.75, 3.05) is 0 Å². The van der Waals surface area contributed by atoms with E-state index in [0.29, 0.717) is 17.1 Å². The molecule has 12 nitrogen and oxygen atoms in total. The maximum absolute atomic E-state index is 12.4. The summed E-state index contributed by atoms with van der Waals surface area (Å²) in [5.74, 6) is -0.271. The third kappa shape index (κ3) is 5.65. The van der Waals surface area contributed by atoms with Gasteiger partial charge in [-0.05, 0) is 45.8 Å². The van der Waals surface area contributed by atoms with Gasteiger partial charge in [0, 0.05) is 24.3 Å². The number of halogens is 1. The summed E-state index contributed by atoms with van der Waals surface area (Å²) in [5, 5.41) is 33.0. The van der Waals surface area contributed by atoms with E-state index >= 15 is 0 Å². The van der Waals surface area contributed by atoms with Crippen LogP contribution in [-0.4, -0.2) is 20.7 Å². The topological polar surface area (TPSA) is 165 Å². The van der Waals surface area contributed by atoms with Crippen molar-refractivity contribution < 1.29 is 29.0 Å². The van der Waals surface area contributed by atoms with E-state index in [1.165, 1.54) is 24.3 Å². The maximum atomic E-state index is 12.4. The SMILES string of the molecule is O=C(OCc1cccc(Oc2ccc([N+](=O)[O-])cc2)c1)c1cc([N+](=O)[O-])c(Br)c([N+](=O)[O-])c1. The van der Waals surface area contributed by atoms with E-state index in [1.807, 2.05) is 0 Å². The van der Waals surface area contributed by atoms with Crippen LogP contribution in [0.3, 0.4) is 0 Å². The molecule has 33 heavy (non-hydrogen) atoms. The molecular formula is C20H12BrN3O9. The first-order valence-corrected chi connectivity index (χ1v) is 9.75. The van der Waals surface area contributed by atoms with Gasteiger partial charge in [-0.1, -0.05) is 12.1 Å². The predicted molar refractivity (Wildman–Crippen MR) is 116 cm³/mol. The van der Waals surface area contributed by atoms with Crippen LogP contribution < -0.4 is 4.74 Å². The fourth-order valence-corrected chi connectivity index (χ4v) is 3.20. The molecule has 0 atom stereocenters. The van der Waals surface area contributed by atoms with Gasteiger partial charge in [0.15, 0.2) is 4.47 Å². The van der Waals surface area contributed by atoms with Crippen molar-refractivity contribution in [1.82, 2.24) is 0 Å². The zero-order valence-electron chi connectivity index (χ0n) is 16.4. The first kappa shape index (κ1) is 23.3. The number of non-ortho nitro benzene ring substituents is 1. The summed E-state index contributed by atoms with van der Waals surface area (Å²) in [4.78, 5) is 43.1. The van der Waals surface area contributed by atoms with Crippen molar-refractivity contribution in [2.24, 2.45) is 0 Å². The molecule has 0 aliphatic carbocycles. The van der Waals surface area contributed by atoms with Gasteiger partial charge < -0.3 is 9.47 Å². The van der Waals surface area contributed by atoms with Gasteiger partial charge in [-0.25, -0.2) is 4.79 Å². The summed E-state index contributed by atoms with van der Waals surface area (Å²) in [6, 6.07) is 13.6. The normalized spacial score (nSPS) is 10.3. The molecule has 0 heterocycles. The number of nitro benzene ring substituents is 3. The Hall–Kier alpha value is -4.39. The number of carbonyl (C=O) groups is 1. The molecule has 168 valence electrons. The number of esters is 1. The molecule has 0 saturated heterocycles. The Labute approximate surface area is 192 Å². The monoisotopic (exact) mass is 517 g/mol. The number of hydrogen-bond acceptors (Lipinski definition) is 9. The molecule has 0 amide bonds. The number of ether oxygens (including phenoxy) is 2. The Balaban J connectivity index is 1.72. The van der Waals surface area contributed by atoms with Crippen LogP contribution in [0.25, 0.3) is 0 Å².